The highest BCUT2D eigenvalue weighted by molar-refractivity contribution is 5.77. The van der Waals surface area contributed by atoms with Gasteiger partial charge in [0.05, 0.1) is 26.2 Å². The molecule has 152 valence electrons. The molecule has 1 aliphatic heterocycles. The first-order valence-electron chi connectivity index (χ1n) is 9.57. The lowest BCUT2D eigenvalue weighted by Crippen LogP contribution is -2.46. The summed E-state index contributed by atoms with van der Waals surface area (Å²) in [6, 6.07) is 5.65. The molecule has 0 radical (unpaired) electrons. The molecule has 9 heteroatoms. The van der Waals surface area contributed by atoms with Crippen molar-refractivity contribution in [3.63, 3.8) is 0 Å². The maximum atomic E-state index is 5.65. The minimum Gasteiger partial charge on any atom is -0.481 e. The standard InChI is InChI=1S/C20H24N6O3/c1-4-25-7-9-26(10-8-25)19-21-13-14(18(24-19)16-6-5-11-29-16)15-12-17(27-2)23-20(22-15)28-3/h5-6,11-13H,4,7-10H2,1-3H3. The Morgan fingerprint density at radius 1 is 1.07 bits per heavy atom. The molecule has 3 aromatic rings. The van der Waals surface area contributed by atoms with Gasteiger partial charge in [-0.1, -0.05) is 6.92 Å². The van der Waals surface area contributed by atoms with Crippen molar-refractivity contribution in [3.05, 3.63) is 30.7 Å². The van der Waals surface area contributed by atoms with E-state index in [4.69, 9.17) is 18.9 Å². The molecule has 0 bridgehead atoms. The summed E-state index contributed by atoms with van der Waals surface area (Å²) >= 11 is 0. The third-order valence-corrected chi connectivity index (χ3v) is 4.98. The zero-order chi connectivity index (χ0) is 20.2. The molecule has 0 amide bonds. The van der Waals surface area contributed by atoms with Gasteiger partial charge in [-0.25, -0.2) is 9.97 Å². The molecular formula is C20H24N6O3. The minimum absolute atomic E-state index is 0.213. The smallest absolute Gasteiger partial charge is 0.320 e. The van der Waals surface area contributed by atoms with Crippen molar-refractivity contribution in [2.24, 2.45) is 0 Å². The molecule has 0 saturated carbocycles. The van der Waals surface area contributed by atoms with Crippen molar-refractivity contribution in [1.82, 2.24) is 24.8 Å². The fraction of sp³-hybridized carbons (Fsp3) is 0.400. The average Bonchev–Trinajstić information content (AvgIpc) is 3.33. The number of piperazine rings is 1. The summed E-state index contributed by atoms with van der Waals surface area (Å²) in [5, 5.41) is 0. The van der Waals surface area contributed by atoms with Crippen molar-refractivity contribution >= 4 is 5.95 Å². The van der Waals surface area contributed by atoms with Crippen LogP contribution < -0.4 is 14.4 Å². The Labute approximate surface area is 169 Å². The molecular weight excluding hydrogens is 372 g/mol. The van der Waals surface area contributed by atoms with E-state index in [1.807, 2.05) is 12.1 Å². The molecule has 1 saturated heterocycles. The normalized spacial score (nSPS) is 14.8. The van der Waals surface area contributed by atoms with Gasteiger partial charge in [0.15, 0.2) is 5.76 Å². The second-order valence-electron chi connectivity index (χ2n) is 6.61. The maximum absolute atomic E-state index is 5.65. The summed E-state index contributed by atoms with van der Waals surface area (Å²) in [6.07, 6.45) is 3.40. The quantitative estimate of drug-likeness (QED) is 0.623. The first kappa shape index (κ1) is 19.1. The van der Waals surface area contributed by atoms with Crippen LogP contribution in [0.3, 0.4) is 0 Å². The van der Waals surface area contributed by atoms with Crippen LogP contribution in [0.25, 0.3) is 22.7 Å². The highest BCUT2D eigenvalue weighted by Gasteiger charge is 2.22. The zero-order valence-corrected chi connectivity index (χ0v) is 16.8. The highest BCUT2D eigenvalue weighted by atomic mass is 16.5. The molecule has 1 aliphatic rings. The van der Waals surface area contributed by atoms with Gasteiger partial charge in [-0.3, -0.25) is 0 Å². The van der Waals surface area contributed by atoms with E-state index in [-0.39, 0.29) is 6.01 Å². The Morgan fingerprint density at radius 2 is 1.90 bits per heavy atom. The fourth-order valence-corrected chi connectivity index (χ4v) is 3.32. The van der Waals surface area contributed by atoms with Crippen LogP contribution in [0, 0.1) is 0 Å². The van der Waals surface area contributed by atoms with Gasteiger partial charge in [-0.05, 0) is 18.7 Å². The number of hydrogen-bond acceptors (Lipinski definition) is 9. The summed E-state index contributed by atoms with van der Waals surface area (Å²) < 4.78 is 16.1. The van der Waals surface area contributed by atoms with E-state index in [1.54, 1.807) is 25.6 Å². The fourth-order valence-electron chi connectivity index (χ4n) is 3.32. The molecule has 0 N–H and O–H groups in total. The van der Waals surface area contributed by atoms with Crippen LogP contribution in [-0.4, -0.2) is 71.8 Å². The number of likely N-dealkylation sites (N-methyl/N-ethyl adjacent to an activating group) is 1. The number of hydrogen-bond donors (Lipinski definition) is 0. The molecule has 1 fully saturated rings. The molecule has 0 unspecified atom stereocenters. The van der Waals surface area contributed by atoms with Crippen LogP contribution >= 0.6 is 0 Å². The number of ether oxygens (including phenoxy) is 2. The third kappa shape index (κ3) is 4.00. The predicted octanol–water partition coefficient (Wildman–Crippen LogP) is 2.35. The van der Waals surface area contributed by atoms with Gasteiger partial charge in [-0.15, -0.1) is 0 Å². The van der Waals surface area contributed by atoms with Crippen LogP contribution in [-0.2, 0) is 0 Å². The van der Waals surface area contributed by atoms with Crippen molar-refractivity contribution in [2.45, 2.75) is 6.92 Å². The third-order valence-electron chi connectivity index (χ3n) is 4.98. The number of anilines is 1. The topological polar surface area (TPSA) is 89.6 Å². The van der Waals surface area contributed by atoms with Gasteiger partial charge in [0.25, 0.3) is 0 Å². The average molecular weight is 396 g/mol. The molecule has 0 aliphatic carbocycles. The van der Waals surface area contributed by atoms with E-state index in [0.717, 1.165) is 38.3 Å². The molecule has 0 atom stereocenters. The van der Waals surface area contributed by atoms with Gasteiger partial charge in [0.1, 0.15) is 5.69 Å². The van der Waals surface area contributed by atoms with Crippen LogP contribution in [0.15, 0.2) is 35.1 Å². The first-order chi connectivity index (χ1) is 14.2. The second kappa shape index (κ2) is 8.44. The lowest BCUT2D eigenvalue weighted by molar-refractivity contribution is 0.270. The molecule has 4 heterocycles. The van der Waals surface area contributed by atoms with Gasteiger partial charge in [0, 0.05) is 44.0 Å². The predicted molar refractivity (Wildman–Crippen MR) is 108 cm³/mol. The summed E-state index contributed by atoms with van der Waals surface area (Å²) in [7, 11) is 3.07. The van der Waals surface area contributed by atoms with E-state index in [0.29, 0.717) is 29.0 Å². The second-order valence-corrected chi connectivity index (χ2v) is 6.61. The van der Waals surface area contributed by atoms with Crippen molar-refractivity contribution in [2.75, 3.05) is 51.8 Å². The van der Waals surface area contributed by atoms with E-state index < -0.39 is 0 Å². The lowest BCUT2D eigenvalue weighted by Gasteiger charge is -2.34. The molecule has 29 heavy (non-hydrogen) atoms. The van der Waals surface area contributed by atoms with E-state index >= 15 is 0 Å². The van der Waals surface area contributed by atoms with Crippen LogP contribution in [0.4, 0.5) is 5.95 Å². The molecule has 4 rings (SSSR count). The van der Waals surface area contributed by atoms with Crippen molar-refractivity contribution in [3.8, 4) is 34.6 Å². The van der Waals surface area contributed by atoms with Crippen LogP contribution in [0.2, 0.25) is 0 Å². The van der Waals surface area contributed by atoms with Crippen molar-refractivity contribution < 1.29 is 13.9 Å². The summed E-state index contributed by atoms with van der Waals surface area (Å²) in [5.41, 5.74) is 1.98. The number of furan rings is 1. The summed E-state index contributed by atoms with van der Waals surface area (Å²) in [6.45, 7) is 7.01. The lowest BCUT2D eigenvalue weighted by atomic mass is 10.1. The number of rotatable bonds is 6. The minimum atomic E-state index is 0.213. The van der Waals surface area contributed by atoms with E-state index in [2.05, 4.69) is 31.7 Å². The Kier molecular flexibility index (Phi) is 5.57. The Balaban J connectivity index is 1.75. The van der Waals surface area contributed by atoms with Gasteiger partial charge >= 0.3 is 6.01 Å². The molecule has 9 nitrogen and oxygen atoms in total. The first-order valence-corrected chi connectivity index (χ1v) is 9.57. The molecule has 0 aromatic carbocycles. The Morgan fingerprint density at radius 3 is 2.55 bits per heavy atom. The van der Waals surface area contributed by atoms with E-state index in [1.165, 1.54) is 7.11 Å². The van der Waals surface area contributed by atoms with Gasteiger partial charge in [-0.2, -0.15) is 9.97 Å². The van der Waals surface area contributed by atoms with Gasteiger partial charge in [0.2, 0.25) is 11.8 Å². The number of aromatic nitrogens is 4. The summed E-state index contributed by atoms with van der Waals surface area (Å²) in [5.74, 6) is 1.73. The zero-order valence-electron chi connectivity index (χ0n) is 16.8. The molecule has 3 aromatic heterocycles. The highest BCUT2D eigenvalue weighted by Crippen LogP contribution is 2.33. The maximum Gasteiger partial charge on any atom is 0.320 e. The monoisotopic (exact) mass is 396 g/mol. The largest absolute Gasteiger partial charge is 0.481 e. The molecule has 0 spiro atoms. The Bertz CT molecular complexity index is 933. The summed E-state index contributed by atoms with van der Waals surface area (Å²) in [4.78, 5) is 22.7. The Hall–Kier alpha value is -3.20. The van der Waals surface area contributed by atoms with Crippen LogP contribution in [0.5, 0.6) is 11.9 Å². The van der Waals surface area contributed by atoms with Gasteiger partial charge < -0.3 is 23.7 Å². The SMILES string of the molecule is CCN1CCN(c2ncc(-c3cc(OC)nc(OC)n3)c(-c3ccco3)n2)CC1. The number of methoxy groups -OCH3 is 2. The number of nitrogens with zero attached hydrogens (tertiary/aromatic N) is 6. The van der Waals surface area contributed by atoms with Crippen molar-refractivity contribution in [1.29, 1.82) is 0 Å². The van der Waals surface area contributed by atoms with Crippen LogP contribution in [0.1, 0.15) is 6.92 Å². The van der Waals surface area contributed by atoms with E-state index in [9.17, 15) is 0 Å².